The number of carboxylic acid groups (broad SMARTS) is 1. The summed E-state index contributed by atoms with van der Waals surface area (Å²) in [6.07, 6.45) is 1.31. The van der Waals surface area contributed by atoms with E-state index in [4.69, 9.17) is 10.8 Å². The lowest BCUT2D eigenvalue weighted by atomic mass is 10.2. The smallest absolute Gasteiger partial charge is 0.338 e. The Bertz CT molecular complexity index is 302. The molecule has 3 N–H and O–H groups in total. The molecule has 1 aromatic heterocycles. The quantitative estimate of drug-likeness (QED) is 0.640. The number of carbonyl (C=O) groups excluding carboxylic acids is 1. The third kappa shape index (κ3) is 1.39. The van der Waals surface area contributed by atoms with Crippen molar-refractivity contribution in [3.8, 4) is 0 Å². The summed E-state index contributed by atoms with van der Waals surface area (Å²) in [5.74, 6) is -2.05. The number of pyridine rings is 1. The van der Waals surface area contributed by atoms with Crippen molar-refractivity contribution in [2.75, 3.05) is 0 Å². The molecule has 5 nitrogen and oxygen atoms in total. The van der Waals surface area contributed by atoms with Crippen LogP contribution in [0.4, 0.5) is 0 Å². The van der Waals surface area contributed by atoms with Gasteiger partial charge in [0.25, 0.3) is 5.91 Å². The second kappa shape index (κ2) is 3.00. The van der Waals surface area contributed by atoms with E-state index in [1.54, 1.807) is 0 Å². The highest BCUT2D eigenvalue weighted by Gasteiger charge is 2.13. The number of nitrogens with zero attached hydrogens (tertiary/aromatic N) is 1. The second-order valence-electron chi connectivity index (χ2n) is 2.07. The predicted octanol–water partition coefficient (Wildman–Crippen LogP) is -0.121. The van der Waals surface area contributed by atoms with Gasteiger partial charge in [0.15, 0.2) is 0 Å². The zero-order valence-electron chi connectivity index (χ0n) is 6.02. The Hall–Kier alpha value is -1.91. The minimum atomic E-state index is -1.21. The zero-order valence-corrected chi connectivity index (χ0v) is 6.02. The van der Waals surface area contributed by atoms with E-state index in [0.717, 1.165) is 0 Å². The number of primary amides is 1. The van der Waals surface area contributed by atoms with E-state index in [1.165, 1.54) is 18.3 Å². The van der Waals surface area contributed by atoms with Gasteiger partial charge in [-0.05, 0) is 12.1 Å². The molecule has 0 bridgehead atoms. The second-order valence-corrected chi connectivity index (χ2v) is 2.07. The summed E-state index contributed by atoms with van der Waals surface area (Å²) in [6, 6.07) is 2.70. The first-order valence-electron chi connectivity index (χ1n) is 3.11. The van der Waals surface area contributed by atoms with Gasteiger partial charge in [0, 0.05) is 6.20 Å². The number of rotatable bonds is 2. The number of aromatic nitrogens is 1. The van der Waals surface area contributed by atoms with Crippen molar-refractivity contribution in [3.05, 3.63) is 29.6 Å². The summed E-state index contributed by atoms with van der Waals surface area (Å²) in [4.78, 5) is 24.6. The zero-order chi connectivity index (χ0) is 9.14. The van der Waals surface area contributed by atoms with E-state index in [1.807, 2.05) is 0 Å². The number of hydrogen-bond donors (Lipinski definition) is 2. The van der Waals surface area contributed by atoms with Crippen molar-refractivity contribution in [1.82, 2.24) is 4.98 Å². The van der Waals surface area contributed by atoms with E-state index in [0.29, 0.717) is 0 Å². The number of carboxylic acids is 1. The maximum Gasteiger partial charge on any atom is 0.338 e. The molecule has 0 aliphatic carbocycles. The van der Waals surface area contributed by atoms with E-state index in [9.17, 15) is 9.59 Å². The van der Waals surface area contributed by atoms with Gasteiger partial charge in [-0.15, -0.1) is 0 Å². The summed E-state index contributed by atoms with van der Waals surface area (Å²) in [6.45, 7) is 0. The maximum atomic E-state index is 10.6. The third-order valence-electron chi connectivity index (χ3n) is 1.27. The average molecular weight is 166 g/mol. The SMILES string of the molecule is NC(=O)c1ncccc1C(=O)O. The minimum absolute atomic E-state index is 0.176. The summed E-state index contributed by atoms with van der Waals surface area (Å²) in [5.41, 5.74) is 4.49. The predicted molar refractivity (Wildman–Crippen MR) is 39.7 cm³/mol. The van der Waals surface area contributed by atoms with Crippen LogP contribution in [0.3, 0.4) is 0 Å². The normalized spacial score (nSPS) is 9.33. The van der Waals surface area contributed by atoms with Crippen LogP contribution in [-0.2, 0) is 0 Å². The standard InChI is InChI=1S/C7H6N2O3/c8-6(10)5-4(7(11)12)2-1-3-9-5/h1-3H,(H2,8,10)(H,11,12). The fourth-order valence-corrected chi connectivity index (χ4v) is 0.774. The monoisotopic (exact) mass is 166 g/mol. The Morgan fingerprint density at radius 1 is 1.50 bits per heavy atom. The van der Waals surface area contributed by atoms with Crippen LogP contribution in [0.25, 0.3) is 0 Å². The molecule has 1 rings (SSSR count). The van der Waals surface area contributed by atoms with Gasteiger partial charge in [0.05, 0.1) is 5.56 Å². The van der Waals surface area contributed by atoms with E-state index >= 15 is 0 Å². The van der Waals surface area contributed by atoms with Crippen molar-refractivity contribution in [2.24, 2.45) is 5.73 Å². The van der Waals surface area contributed by atoms with Crippen LogP contribution in [-0.4, -0.2) is 22.0 Å². The molecule has 0 spiro atoms. The van der Waals surface area contributed by atoms with Gasteiger partial charge in [-0.2, -0.15) is 0 Å². The largest absolute Gasteiger partial charge is 0.478 e. The van der Waals surface area contributed by atoms with Crippen LogP contribution in [0.5, 0.6) is 0 Å². The van der Waals surface area contributed by atoms with Crippen molar-refractivity contribution in [2.45, 2.75) is 0 Å². The van der Waals surface area contributed by atoms with Crippen molar-refractivity contribution >= 4 is 11.9 Å². The molecule has 5 heteroatoms. The minimum Gasteiger partial charge on any atom is -0.478 e. The molecular formula is C7H6N2O3. The van der Waals surface area contributed by atoms with Gasteiger partial charge in [-0.3, -0.25) is 9.78 Å². The Kier molecular flexibility index (Phi) is 2.05. The van der Waals surface area contributed by atoms with Crippen molar-refractivity contribution < 1.29 is 14.7 Å². The molecule has 62 valence electrons. The Balaban J connectivity index is 3.27. The molecule has 0 atom stereocenters. The number of carbonyl (C=O) groups is 2. The van der Waals surface area contributed by atoms with Gasteiger partial charge in [0.1, 0.15) is 5.69 Å². The molecule has 0 aromatic carbocycles. The fraction of sp³-hybridized carbons (Fsp3) is 0. The maximum absolute atomic E-state index is 10.6. The first kappa shape index (κ1) is 8.19. The van der Waals surface area contributed by atoms with E-state index in [2.05, 4.69) is 4.98 Å². The Morgan fingerprint density at radius 2 is 2.17 bits per heavy atom. The molecule has 0 aliphatic heterocycles. The lowest BCUT2D eigenvalue weighted by Crippen LogP contribution is -2.17. The number of aromatic carboxylic acids is 1. The van der Waals surface area contributed by atoms with Gasteiger partial charge >= 0.3 is 5.97 Å². The highest BCUT2D eigenvalue weighted by Crippen LogP contribution is 2.03. The molecule has 0 fully saturated rings. The lowest BCUT2D eigenvalue weighted by molar-refractivity contribution is 0.0691. The first-order chi connectivity index (χ1) is 5.63. The van der Waals surface area contributed by atoms with Crippen molar-refractivity contribution in [1.29, 1.82) is 0 Å². The molecule has 1 amide bonds. The van der Waals surface area contributed by atoms with Crippen LogP contribution >= 0.6 is 0 Å². The van der Waals surface area contributed by atoms with Crippen LogP contribution in [0.15, 0.2) is 18.3 Å². The summed E-state index contributed by atoms with van der Waals surface area (Å²) in [7, 11) is 0. The van der Waals surface area contributed by atoms with Crippen molar-refractivity contribution in [3.63, 3.8) is 0 Å². The molecule has 0 aliphatic rings. The molecule has 1 heterocycles. The van der Waals surface area contributed by atoms with Gasteiger partial charge < -0.3 is 10.8 Å². The molecule has 0 saturated carbocycles. The lowest BCUT2D eigenvalue weighted by Gasteiger charge is -1.98. The summed E-state index contributed by atoms with van der Waals surface area (Å²) >= 11 is 0. The number of amides is 1. The van der Waals surface area contributed by atoms with Crippen LogP contribution in [0.2, 0.25) is 0 Å². The molecule has 12 heavy (non-hydrogen) atoms. The highest BCUT2D eigenvalue weighted by atomic mass is 16.4. The van der Waals surface area contributed by atoms with Gasteiger partial charge in [0.2, 0.25) is 0 Å². The molecule has 0 saturated heterocycles. The first-order valence-corrected chi connectivity index (χ1v) is 3.11. The molecule has 0 unspecified atom stereocenters. The molecule has 1 aromatic rings. The molecular weight excluding hydrogens is 160 g/mol. The highest BCUT2D eigenvalue weighted by molar-refractivity contribution is 6.02. The van der Waals surface area contributed by atoms with E-state index < -0.39 is 11.9 Å². The molecule has 0 radical (unpaired) electrons. The number of nitrogens with two attached hydrogens (primary N) is 1. The average Bonchev–Trinajstić information content (AvgIpc) is 2.04. The summed E-state index contributed by atoms with van der Waals surface area (Å²) < 4.78 is 0. The van der Waals surface area contributed by atoms with Crippen LogP contribution in [0, 0.1) is 0 Å². The van der Waals surface area contributed by atoms with E-state index in [-0.39, 0.29) is 11.3 Å². The van der Waals surface area contributed by atoms with Crippen LogP contribution < -0.4 is 5.73 Å². The van der Waals surface area contributed by atoms with Gasteiger partial charge in [-0.25, -0.2) is 4.79 Å². The van der Waals surface area contributed by atoms with Crippen LogP contribution in [0.1, 0.15) is 20.8 Å². The topological polar surface area (TPSA) is 93.3 Å². The Morgan fingerprint density at radius 3 is 2.58 bits per heavy atom. The third-order valence-corrected chi connectivity index (χ3v) is 1.27. The summed E-state index contributed by atoms with van der Waals surface area (Å²) in [5, 5.41) is 8.57. The fourth-order valence-electron chi connectivity index (χ4n) is 0.774. The van der Waals surface area contributed by atoms with Gasteiger partial charge in [-0.1, -0.05) is 0 Å². The Labute approximate surface area is 67.8 Å². The number of hydrogen-bond acceptors (Lipinski definition) is 3.